The molecular weight excluding hydrogens is 412 g/mol. The third-order valence-electron chi connectivity index (χ3n) is 5.67. The molecule has 158 valence electrons. The van der Waals surface area contributed by atoms with Crippen LogP contribution in [-0.4, -0.2) is 48.9 Å². The monoisotopic (exact) mass is 434 g/mol. The van der Waals surface area contributed by atoms with Crippen molar-refractivity contribution in [2.24, 2.45) is 0 Å². The zero-order chi connectivity index (χ0) is 21.4. The average molecular weight is 435 g/mol. The fourth-order valence-corrected chi connectivity index (χ4v) is 4.68. The molecule has 31 heavy (non-hydrogen) atoms. The summed E-state index contributed by atoms with van der Waals surface area (Å²) in [6, 6.07) is 11.9. The summed E-state index contributed by atoms with van der Waals surface area (Å²) in [4.78, 5) is 35.6. The van der Waals surface area contributed by atoms with Gasteiger partial charge in [-0.25, -0.2) is 9.67 Å². The molecule has 1 aromatic carbocycles. The maximum atomic E-state index is 12.8. The summed E-state index contributed by atoms with van der Waals surface area (Å²) in [5, 5.41) is 10.1. The number of piperidine rings is 1. The smallest absolute Gasteiger partial charge is 0.281 e. The molecule has 1 fully saturated rings. The standard InChI is InChI=1S/C22H22N6O2S/c1-14-6-8-15(9-7-14)12-28-20-18(25-26-28)21(29)24-19(23-20)16-4-2-10-27(13-16)22(30)17-5-3-11-31-17/h3,5-9,11,16H,2,4,10,12-13H2,1H3,(H,23,24,29)/t16-/m0/s1. The molecule has 8 nitrogen and oxygen atoms in total. The molecule has 5 rings (SSSR count). The van der Waals surface area contributed by atoms with Crippen LogP contribution < -0.4 is 5.56 Å². The van der Waals surface area contributed by atoms with Crippen molar-refractivity contribution in [1.29, 1.82) is 0 Å². The fourth-order valence-electron chi connectivity index (χ4n) is 3.99. The van der Waals surface area contributed by atoms with Crippen molar-refractivity contribution >= 4 is 28.4 Å². The molecule has 1 N–H and O–H groups in total. The van der Waals surface area contributed by atoms with Crippen LogP contribution in [0.2, 0.25) is 0 Å². The maximum absolute atomic E-state index is 12.8. The molecule has 4 heterocycles. The Balaban J connectivity index is 1.43. The first-order valence-corrected chi connectivity index (χ1v) is 11.2. The predicted molar refractivity (Wildman–Crippen MR) is 118 cm³/mol. The molecule has 0 radical (unpaired) electrons. The molecule has 1 aliphatic heterocycles. The summed E-state index contributed by atoms with van der Waals surface area (Å²) in [6.45, 7) is 3.77. The van der Waals surface area contributed by atoms with E-state index in [-0.39, 0.29) is 22.9 Å². The van der Waals surface area contributed by atoms with Gasteiger partial charge in [-0.3, -0.25) is 9.59 Å². The second-order valence-electron chi connectivity index (χ2n) is 7.92. The molecule has 9 heteroatoms. The summed E-state index contributed by atoms with van der Waals surface area (Å²) >= 11 is 1.45. The number of hydrogen-bond acceptors (Lipinski definition) is 6. The molecule has 1 saturated heterocycles. The van der Waals surface area contributed by atoms with Crippen LogP contribution in [0.15, 0.2) is 46.6 Å². The first-order chi connectivity index (χ1) is 15.1. The van der Waals surface area contributed by atoms with Gasteiger partial charge in [0.25, 0.3) is 11.5 Å². The SMILES string of the molecule is Cc1ccc(Cn2nnc3c(=O)[nH]c([C@H]4CCCN(C(=O)c5cccs5)C4)nc32)cc1. The van der Waals surface area contributed by atoms with Gasteiger partial charge < -0.3 is 9.88 Å². The van der Waals surface area contributed by atoms with E-state index in [9.17, 15) is 9.59 Å². The van der Waals surface area contributed by atoms with Gasteiger partial charge in [-0.15, -0.1) is 16.4 Å². The summed E-state index contributed by atoms with van der Waals surface area (Å²) in [7, 11) is 0. The number of hydrogen-bond donors (Lipinski definition) is 1. The van der Waals surface area contributed by atoms with Gasteiger partial charge in [0, 0.05) is 19.0 Å². The van der Waals surface area contributed by atoms with Crippen LogP contribution in [0.1, 0.15) is 45.4 Å². The highest BCUT2D eigenvalue weighted by molar-refractivity contribution is 7.12. The molecular formula is C22H22N6O2S. The summed E-state index contributed by atoms with van der Waals surface area (Å²) in [5.41, 5.74) is 2.66. The second kappa shape index (κ2) is 8.07. The van der Waals surface area contributed by atoms with Crippen LogP contribution in [0.3, 0.4) is 0 Å². The van der Waals surface area contributed by atoms with E-state index in [1.165, 1.54) is 16.9 Å². The lowest BCUT2D eigenvalue weighted by Crippen LogP contribution is -2.39. The minimum absolute atomic E-state index is 0.0301. The first-order valence-electron chi connectivity index (χ1n) is 10.3. The molecule has 0 saturated carbocycles. The van der Waals surface area contributed by atoms with E-state index in [0.717, 1.165) is 23.3 Å². The van der Waals surface area contributed by atoms with Crippen molar-refractivity contribution in [3.63, 3.8) is 0 Å². The van der Waals surface area contributed by atoms with Crippen LogP contribution >= 0.6 is 11.3 Å². The number of amides is 1. The number of benzene rings is 1. The first kappa shape index (κ1) is 19.6. The lowest BCUT2D eigenvalue weighted by atomic mass is 9.97. The van der Waals surface area contributed by atoms with Crippen molar-refractivity contribution < 1.29 is 4.79 Å². The van der Waals surface area contributed by atoms with Crippen LogP contribution in [0.5, 0.6) is 0 Å². The molecule has 0 spiro atoms. The Morgan fingerprint density at radius 2 is 2.10 bits per heavy atom. The van der Waals surface area contributed by atoms with E-state index in [1.54, 1.807) is 4.68 Å². The number of thiophene rings is 1. The number of nitrogens with one attached hydrogen (secondary N) is 1. The number of aryl methyl sites for hydroxylation is 1. The molecule has 1 atom stereocenters. The Labute approximate surface area is 182 Å². The van der Waals surface area contributed by atoms with E-state index in [1.807, 2.05) is 53.6 Å². The summed E-state index contributed by atoms with van der Waals surface area (Å²) < 4.78 is 1.66. The predicted octanol–water partition coefficient (Wildman–Crippen LogP) is 2.95. The van der Waals surface area contributed by atoms with Crippen LogP contribution in [0.4, 0.5) is 0 Å². The zero-order valence-electron chi connectivity index (χ0n) is 17.1. The van der Waals surface area contributed by atoms with Crippen molar-refractivity contribution in [2.75, 3.05) is 13.1 Å². The number of aromatic nitrogens is 5. The number of carbonyl (C=O) groups excluding carboxylic acids is 1. The molecule has 1 amide bonds. The van der Waals surface area contributed by atoms with Gasteiger partial charge in [0.2, 0.25) is 0 Å². The third kappa shape index (κ3) is 3.88. The Bertz CT molecular complexity index is 1280. The van der Waals surface area contributed by atoms with Gasteiger partial charge in [0.1, 0.15) is 5.82 Å². The molecule has 1 aliphatic rings. The highest BCUT2D eigenvalue weighted by Gasteiger charge is 2.28. The molecule has 0 aliphatic carbocycles. The highest BCUT2D eigenvalue weighted by atomic mass is 32.1. The van der Waals surface area contributed by atoms with Gasteiger partial charge in [0.05, 0.1) is 11.4 Å². The quantitative estimate of drug-likeness (QED) is 0.533. The zero-order valence-corrected chi connectivity index (χ0v) is 17.9. The fraction of sp³-hybridized carbons (Fsp3) is 0.318. The van der Waals surface area contributed by atoms with Gasteiger partial charge in [-0.05, 0) is 36.8 Å². The third-order valence-corrected chi connectivity index (χ3v) is 6.53. The van der Waals surface area contributed by atoms with Crippen LogP contribution in [0, 0.1) is 6.92 Å². The summed E-state index contributed by atoms with van der Waals surface area (Å²) in [5.74, 6) is 0.598. The molecule has 0 bridgehead atoms. The van der Waals surface area contributed by atoms with Gasteiger partial charge >= 0.3 is 0 Å². The second-order valence-corrected chi connectivity index (χ2v) is 8.87. The van der Waals surface area contributed by atoms with E-state index in [0.29, 0.717) is 31.1 Å². The number of nitrogens with zero attached hydrogens (tertiary/aromatic N) is 5. The molecule has 0 unspecified atom stereocenters. The number of H-pyrrole nitrogens is 1. The topological polar surface area (TPSA) is 96.8 Å². The highest BCUT2D eigenvalue weighted by Crippen LogP contribution is 2.26. The minimum atomic E-state index is -0.295. The average Bonchev–Trinajstić information content (AvgIpc) is 3.46. The maximum Gasteiger partial charge on any atom is 0.281 e. The number of likely N-dealkylation sites (tertiary alicyclic amines) is 1. The van der Waals surface area contributed by atoms with E-state index in [4.69, 9.17) is 4.98 Å². The minimum Gasteiger partial charge on any atom is -0.337 e. The number of fused-ring (bicyclic) bond motifs is 1. The van der Waals surface area contributed by atoms with Crippen molar-refractivity contribution in [2.45, 2.75) is 32.2 Å². The van der Waals surface area contributed by atoms with Crippen molar-refractivity contribution in [1.82, 2.24) is 29.9 Å². The Morgan fingerprint density at radius 1 is 1.26 bits per heavy atom. The largest absolute Gasteiger partial charge is 0.337 e. The normalized spacial score (nSPS) is 16.7. The van der Waals surface area contributed by atoms with E-state index in [2.05, 4.69) is 15.3 Å². The van der Waals surface area contributed by atoms with E-state index >= 15 is 0 Å². The Morgan fingerprint density at radius 3 is 2.87 bits per heavy atom. The number of aromatic amines is 1. The van der Waals surface area contributed by atoms with Crippen molar-refractivity contribution in [3.05, 3.63) is 74.0 Å². The number of carbonyl (C=O) groups is 1. The summed E-state index contributed by atoms with van der Waals surface area (Å²) in [6.07, 6.45) is 1.73. The Kier molecular flexibility index (Phi) is 5.11. The number of rotatable bonds is 4. The molecule has 3 aromatic heterocycles. The van der Waals surface area contributed by atoms with E-state index < -0.39 is 0 Å². The Hall–Kier alpha value is -3.33. The van der Waals surface area contributed by atoms with Crippen molar-refractivity contribution in [3.8, 4) is 0 Å². The van der Waals surface area contributed by atoms with Gasteiger partial charge in [0.15, 0.2) is 11.2 Å². The lowest BCUT2D eigenvalue weighted by Gasteiger charge is -2.31. The van der Waals surface area contributed by atoms with Gasteiger partial charge in [-0.1, -0.05) is 41.1 Å². The van der Waals surface area contributed by atoms with Crippen LogP contribution in [-0.2, 0) is 6.54 Å². The van der Waals surface area contributed by atoms with Crippen LogP contribution in [0.25, 0.3) is 11.2 Å². The molecule has 4 aromatic rings. The lowest BCUT2D eigenvalue weighted by molar-refractivity contribution is 0.0709. The van der Waals surface area contributed by atoms with Gasteiger partial charge in [-0.2, -0.15) is 0 Å².